The molecule has 0 unspecified atom stereocenters. The Morgan fingerprint density at radius 2 is 1.71 bits per heavy atom. The van der Waals surface area contributed by atoms with Gasteiger partial charge in [-0.15, -0.1) is 0 Å². The average molecular weight is 235 g/mol. The van der Waals surface area contributed by atoms with Crippen LogP contribution < -0.4 is 0 Å². The largest absolute Gasteiger partial charge is 0.251 e. The van der Waals surface area contributed by atoms with Crippen LogP contribution in [0, 0.1) is 0 Å². The van der Waals surface area contributed by atoms with E-state index in [1.807, 2.05) is 0 Å². The summed E-state index contributed by atoms with van der Waals surface area (Å²) in [7, 11) is -0.259. The van der Waals surface area contributed by atoms with Crippen molar-refractivity contribution >= 4 is 22.0 Å². The topological polar surface area (TPSA) is 3.24 Å². The molecule has 0 spiro atoms. The SMILES string of the molecule is CS(C)(C)CCCSN1CCCCC1. The van der Waals surface area contributed by atoms with Gasteiger partial charge in [-0.2, -0.15) is 0 Å². The highest BCUT2D eigenvalue weighted by atomic mass is 32.3. The van der Waals surface area contributed by atoms with Crippen molar-refractivity contribution in [2.75, 3.05) is 43.4 Å². The first-order valence-corrected chi connectivity index (χ1v) is 9.59. The van der Waals surface area contributed by atoms with Gasteiger partial charge in [-0.1, -0.05) is 18.4 Å². The van der Waals surface area contributed by atoms with Crippen LogP contribution in [0.4, 0.5) is 0 Å². The highest BCUT2D eigenvalue weighted by Gasteiger charge is 2.10. The number of rotatable bonds is 5. The van der Waals surface area contributed by atoms with Gasteiger partial charge in [0, 0.05) is 18.8 Å². The quantitative estimate of drug-likeness (QED) is 0.532. The van der Waals surface area contributed by atoms with Gasteiger partial charge in [0.25, 0.3) is 0 Å². The summed E-state index contributed by atoms with van der Waals surface area (Å²) < 4.78 is 2.57. The van der Waals surface area contributed by atoms with Crippen LogP contribution in [0.3, 0.4) is 0 Å². The molecular weight excluding hydrogens is 210 g/mol. The van der Waals surface area contributed by atoms with Crippen molar-refractivity contribution in [3.05, 3.63) is 0 Å². The second kappa shape index (κ2) is 6.29. The van der Waals surface area contributed by atoms with Crippen molar-refractivity contribution in [1.82, 2.24) is 4.31 Å². The molecule has 1 saturated heterocycles. The molecule has 1 aliphatic heterocycles. The number of hydrogen-bond acceptors (Lipinski definition) is 2. The van der Waals surface area contributed by atoms with E-state index in [0.717, 1.165) is 0 Å². The molecule has 0 saturated carbocycles. The summed E-state index contributed by atoms with van der Waals surface area (Å²) in [4.78, 5) is 0. The van der Waals surface area contributed by atoms with Crippen molar-refractivity contribution in [2.24, 2.45) is 0 Å². The van der Waals surface area contributed by atoms with Gasteiger partial charge in [0.05, 0.1) is 0 Å². The van der Waals surface area contributed by atoms with Crippen LogP contribution in [0.2, 0.25) is 0 Å². The van der Waals surface area contributed by atoms with Gasteiger partial charge < -0.3 is 0 Å². The van der Waals surface area contributed by atoms with Gasteiger partial charge in [-0.05, 0) is 43.8 Å². The Labute approximate surface area is 95.5 Å². The molecule has 1 aliphatic rings. The molecule has 14 heavy (non-hydrogen) atoms. The van der Waals surface area contributed by atoms with Crippen molar-refractivity contribution < 1.29 is 0 Å². The van der Waals surface area contributed by atoms with E-state index in [9.17, 15) is 0 Å². The molecule has 0 amide bonds. The molecule has 0 aromatic carbocycles. The minimum atomic E-state index is -0.259. The lowest BCUT2D eigenvalue weighted by molar-refractivity contribution is 0.380. The molecule has 0 aliphatic carbocycles. The molecule has 0 atom stereocenters. The van der Waals surface area contributed by atoms with Gasteiger partial charge in [-0.3, -0.25) is 4.31 Å². The Morgan fingerprint density at radius 3 is 2.29 bits per heavy atom. The normalized spacial score (nSPS) is 21.1. The molecule has 86 valence electrons. The molecule has 0 bridgehead atoms. The van der Waals surface area contributed by atoms with E-state index in [0.29, 0.717) is 0 Å². The van der Waals surface area contributed by atoms with Crippen LogP contribution in [0.5, 0.6) is 0 Å². The Bertz CT molecular complexity index is 148. The second-order valence-electron chi connectivity index (χ2n) is 4.97. The summed E-state index contributed by atoms with van der Waals surface area (Å²) in [6, 6.07) is 0. The molecular formula is C11H25NS2. The predicted molar refractivity (Wildman–Crippen MR) is 72.7 cm³/mol. The molecule has 1 fully saturated rings. The Balaban J connectivity index is 1.97. The predicted octanol–water partition coefficient (Wildman–Crippen LogP) is 3.20. The van der Waals surface area contributed by atoms with Crippen LogP contribution in [0.1, 0.15) is 25.7 Å². The van der Waals surface area contributed by atoms with Gasteiger partial charge >= 0.3 is 0 Å². The monoisotopic (exact) mass is 235 g/mol. The molecule has 0 aromatic rings. The van der Waals surface area contributed by atoms with Crippen LogP contribution in [-0.4, -0.2) is 47.7 Å². The lowest BCUT2D eigenvalue weighted by Gasteiger charge is -2.27. The van der Waals surface area contributed by atoms with Crippen LogP contribution in [-0.2, 0) is 0 Å². The minimum absolute atomic E-state index is 0.259. The van der Waals surface area contributed by atoms with Crippen LogP contribution in [0.25, 0.3) is 0 Å². The van der Waals surface area contributed by atoms with E-state index in [2.05, 4.69) is 35.0 Å². The minimum Gasteiger partial charge on any atom is -0.251 e. The van der Waals surface area contributed by atoms with Gasteiger partial charge in [0.15, 0.2) is 0 Å². The fourth-order valence-corrected chi connectivity index (χ4v) is 3.92. The molecule has 1 nitrogen and oxygen atoms in total. The average Bonchev–Trinajstić information content (AvgIpc) is 2.13. The molecule has 3 heteroatoms. The van der Waals surface area contributed by atoms with Gasteiger partial charge in [0.1, 0.15) is 0 Å². The van der Waals surface area contributed by atoms with Crippen molar-refractivity contribution in [2.45, 2.75) is 25.7 Å². The van der Waals surface area contributed by atoms with Crippen LogP contribution >= 0.6 is 22.0 Å². The fourth-order valence-electron chi connectivity index (χ4n) is 1.68. The number of piperidine rings is 1. The Hall–Kier alpha value is 0.660. The van der Waals surface area contributed by atoms with Gasteiger partial charge in [0.2, 0.25) is 0 Å². The fraction of sp³-hybridized carbons (Fsp3) is 1.00. The summed E-state index contributed by atoms with van der Waals surface area (Å²) in [5.74, 6) is 2.78. The van der Waals surface area contributed by atoms with E-state index in [1.54, 1.807) is 0 Å². The summed E-state index contributed by atoms with van der Waals surface area (Å²) >= 11 is 2.08. The van der Waals surface area contributed by atoms with E-state index >= 15 is 0 Å². The maximum absolute atomic E-state index is 2.57. The zero-order chi connectivity index (χ0) is 10.4. The third-order valence-electron chi connectivity index (χ3n) is 2.49. The summed E-state index contributed by atoms with van der Waals surface area (Å²) in [5.41, 5.74) is 0. The van der Waals surface area contributed by atoms with E-state index in [1.165, 1.54) is 50.3 Å². The Morgan fingerprint density at radius 1 is 1.07 bits per heavy atom. The summed E-state index contributed by atoms with van der Waals surface area (Å²) in [5, 5.41) is 0. The van der Waals surface area contributed by atoms with Crippen LogP contribution in [0.15, 0.2) is 0 Å². The zero-order valence-electron chi connectivity index (χ0n) is 9.92. The van der Waals surface area contributed by atoms with E-state index < -0.39 is 0 Å². The standard InChI is InChI=1S/C11H25NS2/c1-14(2,3)11-7-10-13-12-8-5-4-6-9-12/h4-11H2,1-3H3. The number of nitrogens with zero attached hydrogens (tertiary/aromatic N) is 1. The van der Waals surface area contributed by atoms with Crippen molar-refractivity contribution in [3.8, 4) is 0 Å². The molecule has 1 rings (SSSR count). The third-order valence-corrected chi connectivity index (χ3v) is 5.20. The highest BCUT2D eigenvalue weighted by Crippen LogP contribution is 2.35. The molecule has 0 N–H and O–H groups in total. The maximum atomic E-state index is 2.57. The first-order valence-electron chi connectivity index (χ1n) is 5.62. The summed E-state index contributed by atoms with van der Waals surface area (Å²) in [6.45, 7) is 2.65. The first kappa shape index (κ1) is 12.7. The molecule has 1 heterocycles. The lowest BCUT2D eigenvalue weighted by atomic mass is 10.2. The Kier molecular flexibility index (Phi) is 5.72. The summed E-state index contributed by atoms with van der Waals surface area (Å²) in [6.07, 6.45) is 12.9. The first-order chi connectivity index (χ1) is 6.58. The van der Waals surface area contributed by atoms with E-state index in [-0.39, 0.29) is 10.0 Å². The maximum Gasteiger partial charge on any atom is 0.00893 e. The van der Waals surface area contributed by atoms with E-state index in [4.69, 9.17) is 0 Å². The lowest BCUT2D eigenvalue weighted by Crippen LogP contribution is -2.23. The highest BCUT2D eigenvalue weighted by molar-refractivity contribution is 8.32. The number of hydrogen-bond donors (Lipinski definition) is 0. The van der Waals surface area contributed by atoms with Crippen molar-refractivity contribution in [3.63, 3.8) is 0 Å². The van der Waals surface area contributed by atoms with Gasteiger partial charge in [-0.25, -0.2) is 10.0 Å². The molecule has 0 radical (unpaired) electrons. The third kappa shape index (κ3) is 6.20. The van der Waals surface area contributed by atoms with Crippen molar-refractivity contribution in [1.29, 1.82) is 0 Å². The zero-order valence-corrected chi connectivity index (χ0v) is 11.6. The molecule has 0 aromatic heterocycles. The smallest absolute Gasteiger partial charge is 0.00893 e. The second-order valence-corrected chi connectivity index (χ2v) is 10.7.